The van der Waals surface area contributed by atoms with Crippen molar-refractivity contribution >= 4 is 13.3 Å². The lowest BCUT2D eigenvalue weighted by Crippen LogP contribution is -2.11. The van der Waals surface area contributed by atoms with E-state index in [1.54, 1.807) is 19.9 Å². The Morgan fingerprint density at radius 1 is 1.29 bits per heavy atom. The third kappa shape index (κ3) is 5.64. The van der Waals surface area contributed by atoms with Gasteiger partial charge in [-0.05, 0) is 38.5 Å². The van der Waals surface area contributed by atoms with Gasteiger partial charge in [0, 0.05) is 12.2 Å². The third-order valence-corrected chi connectivity index (χ3v) is 4.86. The van der Waals surface area contributed by atoms with Crippen LogP contribution in [0.1, 0.15) is 19.4 Å². The zero-order chi connectivity index (χ0) is 15.7. The van der Waals surface area contributed by atoms with Crippen LogP contribution in [0.25, 0.3) is 0 Å². The summed E-state index contributed by atoms with van der Waals surface area (Å²) in [4.78, 5) is 0. The topological polar surface area (TPSA) is 67.8 Å². The number of anilines is 1. The molecule has 0 saturated carbocycles. The number of rotatable bonds is 9. The van der Waals surface area contributed by atoms with Crippen molar-refractivity contribution in [2.45, 2.75) is 26.6 Å². The highest BCUT2D eigenvalue weighted by atomic mass is 31.2. The molecular weight excluding hydrogens is 289 g/mol. The van der Waals surface area contributed by atoms with Gasteiger partial charge in [-0.2, -0.15) is 0 Å². The Bertz CT molecular complexity index is 494. The van der Waals surface area contributed by atoms with E-state index < -0.39 is 13.4 Å². The molecule has 6 heteroatoms. The molecule has 2 N–H and O–H groups in total. The predicted molar refractivity (Wildman–Crippen MR) is 85.7 cm³/mol. The van der Waals surface area contributed by atoms with Gasteiger partial charge in [-0.3, -0.25) is 4.57 Å². The Morgan fingerprint density at radius 2 is 1.90 bits per heavy atom. The molecule has 1 aromatic carbocycles. The summed E-state index contributed by atoms with van der Waals surface area (Å²) in [7, 11) is -3.49. The van der Waals surface area contributed by atoms with Crippen molar-refractivity contribution < 1.29 is 18.7 Å². The Balaban J connectivity index is 2.55. The first-order chi connectivity index (χ1) is 10.0. The van der Waals surface area contributed by atoms with Gasteiger partial charge in [0.1, 0.15) is 0 Å². The first-order valence-electron chi connectivity index (χ1n) is 7.06. The van der Waals surface area contributed by atoms with Crippen molar-refractivity contribution in [2.24, 2.45) is 0 Å². The molecule has 1 aromatic rings. The van der Waals surface area contributed by atoms with Crippen LogP contribution in [0.15, 0.2) is 36.4 Å². The SMILES string of the molecule is CCOP(=O)(OCC)[C@H](O)/C=C\CNc1ccccc1C. The molecule has 0 bridgehead atoms. The standard InChI is InChI=1S/C15H24NO4P/c1-4-19-21(18,20-5-2)15(17)11-8-12-16-14-10-7-6-9-13(14)3/h6-11,15-17H,4-5,12H2,1-3H3/b11-8-/t15-/m0/s1. The van der Waals surface area contributed by atoms with E-state index in [0.29, 0.717) is 6.54 Å². The molecule has 118 valence electrons. The van der Waals surface area contributed by atoms with Crippen molar-refractivity contribution in [2.75, 3.05) is 25.1 Å². The Kier molecular flexibility index (Phi) is 7.68. The van der Waals surface area contributed by atoms with Crippen LogP contribution in [0.4, 0.5) is 5.69 Å². The molecule has 0 spiro atoms. The maximum Gasteiger partial charge on any atom is 0.362 e. The van der Waals surface area contributed by atoms with Crippen LogP contribution in [0, 0.1) is 6.92 Å². The second-order valence-electron chi connectivity index (χ2n) is 4.41. The molecule has 0 saturated heterocycles. The lowest BCUT2D eigenvalue weighted by Gasteiger charge is -2.19. The number of aryl methyl sites for hydroxylation is 1. The number of hydrogen-bond donors (Lipinski definition) is 2. The molecule has 0 aromatic heterocycles. The molecule has 0 aliphatic carbocycles. The van der Waals surface area contributed by atoms with Crippen LogP contribution in [0.2, 0.25) is 0 Å². The van der Waals surface area contributed by atoms with E-state index in [1.165, 1.54) is 6.08 Å². The van der Waals surface area contributed by atoms with Gasteiger partial charge >= 0.3 is 7.60 Å². The van der Waals surface area contributed by atoms with Crippen LogP contribution in [-0.2, 0) is 13.6 Å². The van der Waals surface area contributed by atoms with Crippen LogP contribution in [0.5, 0.6) is 0 Å². The molecule has 1 rings (SSSR count). The highest BCUT2D eigenvalue weighted by Gasteiger charge is 2.31. The molecule has 0 amide bonds. The Hall–Kier alpha value is -1.13. The van der Waals surface area contributed by atoms with Gasteiger partial charge in [0.2, 0.25) is 0 Å². The van der Waals surface area contributed by atoms with Crippen LogP contribution >= 0.6 is 7.60 Å². The van der Waals surface area contributed by atoms with E-state index in [2.05, 4.69) is 5.32 Å². The van der Waals surface area contributed by atoms with Crippen LogP contribution < -0.4 is 5.32 Å². The number of aliphatic hydroxyl groups excluding tert-OH is 1. The minimum Gasteiger partial charge on any atom is -0.381 e. The summed E-state index contributed by atoms with van der Waals surface area (Å²) in [5.74, 6) is -1.25. The summed E-state index contributed by atoms with van der Waals surface area (Å²) in [6.07, 6.45) is 3.15. The molecule has 21 heavy (non-hydrogen) atoms. The minimum atomic E-state index is -3.49. The normalized spacial score (nSPS) is 13.5. The van der Waals surface area contributed by atoms with Gasteiger partial charge in [0.25, 0.3) is 0 Å². The molecule has 0 fully saturated rings. The lowest BCUT2D eigenvalue weighted by atomic mass is 10.2. The van der Waals surface area contributed by atoms with E-state index in [0.717, 1.165) is 11.3 Å². The molecule has 0 unspecified atom stereocenters. The summed E-state index contributed by atoms with van der Waals surface area (Å²) >= 11 is 0. The largest absolute Gasteiger partial charge is 0.381 e. The quantitative estimate of drug-likeness (QED) is 0.539. The van der Waals surface area contributed by atoms with E-state index in [-0.39, 0.29) is 13.2 Å². The number of benzene rings is 1. The first kappa shape index (κ1) is 17.9. The van der Waals surface area contributed by atoms with Gasteiger partial charge in [0.05, 0.1) is 13.2 Å². The summed E-state index contributed by atoms with van der Waals surface area (Å²) < 4.78 is 22.4. The van der Waals surface area contributed by atoms with Crippen molar-refractivity contribution in [1.29, 1.82) is 0 Å². The van der Waals surface area contributed by atoms with Crippen molar-refractivity contribution in [1.82, 2.24) is 0 Å². The summed E-state index contributed by atoms with van der Waals surface area (Å²) in [5.41, 5.74) is 2.16. The second-order valence-corrected chi connectivity index (χ2v) is 6.54. The monoisotopic (exact) mass is 313 g/mol. The summed E-state index contributed by atoms with van der Waals surface area (Å²) in [6.45, 7) is 6.40. The highest BCUT2D eigenvalue weighted by molar-refractivity contribution is 7.54. The Labute approximate surface area is 126 Å². The molecule has 0 aliphatic heterocycles. The number of hydrogen-bond acceptors (Lipinski definition) is 5. The molecule has 1 atom stereocenters. The average Bonchev–Trinajstić information content (AvgIpc) is 2.45. The highest BCUT2D eigenvalue weighted by Crippen LogP contribution is 2.52. The first-order valence-corrected chi connectivity index (χ1v) is 8.67. The fourth-order valence-corrected chi connectivity index (χ4v) is 3.22. The molecule has 0 aliphatic rings. The van der Waals surface area contributed by atoms with Gasteiger partial charge < -0.3 is 19.5 Å². The summed E-state index contributed by atoms with van der Waals surface area (Å²) in [5, 5.41) is 13.2. The lowest BCUT2D eigenvalue weighted by molar-refractivity contribution is 0.168. The number of nitrogens with one attached hydrogen (secondary N) is 1. The van der Waals surface area contributed by atoms with Crippen LogP contribution in [0.3, 0.4) is 0 Å². The van der Waals surface area contributed by atoms with Crippen molar-refractivity contribution in [3.8, 4) is 0 Å². The second kappa shape index (κ2) is 9.00. The van der Waals surface area contributed by atoms with Gasteiger partial charge in [-0.15, -0.1) is 0 Å². The molecule has 0 radical (unpaired) electrons. The van der Waals surface area contributed by atoms with Crippen molar-refractivity contribution in [3.63, 3.8) is 0 Å². The smallest absolute Gasteiger partial charge is 0.362 e. The fraction of sp³-hybridized carbons (Fsp3) is 0.467. The van der Waals surface area contributed by atoms with Crippen molar-refractivity contribution in [3.05, 3.63) is 42.0 Å². The van der Waals surface area contributed by atoms with E-state index >= 15 is 0 Å². The average molecular weight is 313 g/mol. The predicted octanol–water partition coefficient (Wildman–Crippen LogP) is 3.55. The maximum atomic E-state index is 12.3. The van der Waals surface area contributed by atoms with Gasteiger partial charge in [-0.1, -0.05) is 24.3 Å². The number of para-hydroxylation sites is 1. The molecule has 5 nitrogen and oxygen atoms in total. The van der Waals surface area contributed by atoms with Gasteiger partial charge in [-0.25, -0.2) is 0 Å². The zero-order valence-electron chi connectivity index (χ0n) is 12.8. The van der Waals surface area contributed by atoms with Crippen LogP contribution in [-0.4, -0.2) is 30.7 Å². The Morgan fingerprint density at radius 3 is 2.48 bits per heavy atom. The zero-order valence-corrected chi connectivity index (χ0v) is 13.7. The van der Waals surface area contributed by atoms with E-state index in [9.17, 15) is 9.67 Å². The molecule has 0 heterocycles. The van der Waals surface area contributed by atoms with Gasteiger partial charge in [0.15, 0.2) is 5.85 Å². The van der Waals surface area contributed by atoms with E-state index in [4.69, 9.17) is 9.05 Å². The summed E-state index contributed by atoms with van der Waals surface area (Å²) in [6, 6.07) is 7.91. The third-order valence-electron chi connectivity index (χ3n) is 2.81. The van der Waals surface area contributed by atoms with E-state index in [1.807, 2.05) is 31.2 Å². The number of aliphatic hydroxyl groups is 1. The minimum absolute atomic E-state index is 0.226. The molecular formula is C15H24NO4P. The maximum absolute atomic E-state index is 12.3. The fourth-order valence-electron chi connectivity index (χ4n) is 1.79.